The number of imidazole rings is 1. The number of hydrazine groups is 1. The highest BCUT2D eigenvalue weighted by Crippen LogP contribution is 2.14. The molecule has 0 bridgehead atoms. The lowest BCUT2D eigenvalue weighted by Gasteiger charge is -2.21. The van der Waals surface area contributed by atoms with Crippen LogP contribution in [-0.2, 0) is 11.8 Å². The Balaban J connectivity index is 2.84. The van der Waals surface area contributed by atoms with Crippen LogP contribution in [-0.4, -0.2) is 22.8 Å². The average molecular weight is 184 g/mol. The van der Waals surface area contributed by atoms with E-state index < -0.39 is 0 Å². The lowest BCUT2D eigenvalue weighted by molar-refractivity contribution is 0.0793. The third-order valence-electron chi connectivity index (χ3n) is 2.16. The van der Waals surface area contributed by atoms with Crippen molar-refractivity contribution < 1.29 is 4.74 Å². The zero-order chi connectivity index (χ0) is 9.84. The molecule has 0 radical (unpaired) electrons. The Morgan fingerprint density at radius 3 is 2.77 bits per heavy atom. The number of rotatable bonds is 4. The van der Waals surface area contributed by atoms with Crippen LogP contribution in [0.1, 0.15) is 18.8 Å². The lowest BCUT2D eigenvalue weighted by atomic mass is 10.2. The number of nitrogens with zero attached hydrogens (tertiary/aromatic N) is 2. The molecule has 5 heteroatoms. The van der Waals surface area contributed by atoms with Gasteiger partial charge in [0, 0.05) is 26.6 Å². The van der Waals surface area contributed by atoms with Gasteiger partial charge in [-0.15, -0.1) is 0 Å². The van der Waals surface area contributed by atoms with Crippen molar-refractivity contribution in [3.05, 3.63) is 18.2 Å². The summed E-state index contributed by atoms with van der Waals surface area (Å²) in [5.74, 6) is 6.30. The summed E-state index contributed by atoms with van der Waals surface area (Å²) in [7, 11) is 3.58. The third-order valence-corrected chi connectivity index (χ3v) is 2.16. The van der Waals surface area contributed by atoms with Gasteiger partial charge in [0.15, 0.2) is 0 Å². The molecule has 74 valence electrons. The van der Waals surface area contributed by atoms with Gasteiger partial charge >= 0.3 is 0 Å². The standard InChI is InChI=1S/C8H16N4O/c1-6(13-3)7(11-9)8-10-4-5-12(8)2/h4-7,11H,9H2,1-3H3. The van der Waals surface area contributed by atoms with Gasteiger partial charge in [-0.1, -0.05) is 0 Å². The summed E-state index contributed by atoms with van der Waals surface area (Å²) < 4.78 is 7.10. The molecule has 0 aliphatic heterocycles. The molecular weight excluding hydrogens is 168 g/mol. The topological polar surface area (TPSA) is 65.1 Å². The van der Waals surface area contributed by atoms with Crippen molar-refractivity contribution in [3.8, 4) is 0 Å². The summed E-state index contributed by atoms with van der Waals surface area (Å²) in [6, 6.07) is -0.0787. The number of ether oxygens (including phenoxy) is 1. The summed E-state index contributed by atoms with van der Waals surface area (Å²) in [5.41, 5.74) is 2.69. The summed E-state index contributed by atoms with van der Waals surface area (Å²) >= 11 is 0. The molecule has 1 aromatic rings. The van der Waals surface area contributed by atoms with Crippen LogP contribution >= 0.6 is 0 Å². The van der Waals surface area contributed by atoms with E-state index in [0.29, 0.717) is 0 Å². The number of aromatic nitrogens is 2. The molecule has 1 heterocycles. The molecule has 1 rings (SSSR count). The SMILES string of the molecule is COC(C)C(NN)c1nccn1C. The van der Waals surface area contributed by atoms with Gasteiger partial charge in [0.2, 0.25) is 0 Å². The monoisotopic (exact) mass is 184 g/mol. The molecule has 0 amide bonds. The fourth-order valence-corrected chi connectivity index (χ4v) is 1.23. The third kappa shape index (κ3) is 2.06. The highest BCUT2D eigenvalue weighted by atomic mass is 16.5. The second kappa shape index (κ2) is 4.36. The van der Waals surface area contributed by atoms with E-state index in [0.717, 1.165) is 5.82 Å². The zero-order valence-corrected chi connectivity index (χ0v) is 8.19. The molecule has 0 saturated heterocycles. The largest absolute Gasteiger partial charge is 0.380 e. The van der Waals surface area contributed by atoms with Crippen LogP contribution < -0.4 is 11.3 Å². The maximum atomic E-state index is 5.43. The highest BCUT2D eigenvalue weighted by molar-refractivity contribution is 5.00. The minimum Gasteiger partial charge on any atom is -0.380 e. The van der Waals surface area contributed by atoms with E-state index in [1.54, 1.807) is 13.3 Å². The summed E-state index contributed by atoms with van der Waals surface area (Å²) in [6.45, 7) is 1.94. The van der Waals surface area contributed by atoms with Crippen molar-refractivity contribution in [2.24, 2.45) is 12.9 Å². The zero-order valence-electron chi connectivity index (χ0n) is 8.19. The van der Waals surface area contributed by atoms with Crippen molar-refractivity contribution in [2.45, 2.75) is 19.1 Å². The van der Waals surface area contributed by atoms with Crippen LogP contribution in [0, 0.1) is 0 Å². The molecule has 1 aromatic heterocycles. The van der Waals surface area contributed by atoms with Gasteiger partial charge in [-0.3, -0.25) is 5.84 Å². The number of nitrogens with two attached hydrogens (primary N) is 1. The molecule has 0 fully saturated rings. The molecule has 0 aliphatic carbocycles. The minimum absolute atomic E-state index is 0.00824. The van der Waals surface area contributed by atoms with Gasteiger partial charge in [-0.05, 0) is 6.92 Å². The van der Waals surface area contributed by atoms with E-state index >= 15 is 0 Å². The molecule has 3 N–H and O–H groups in total. The Morgan fingerprint density at radius 1 is 1.69 bits per heavy atom. The summed E-state index contributed by atoms with van der Waals surface area (Å²) in [6.07, 6.45) is 3.61. The fraction of sp³-hybridized carbons (Fsp3) is 0.625. The van der Waals surface area contributed by atoms with E-state index in [1.165, 1.54) is 0 Å². The predicted molar refractivity (Wildman–Crippen MR) is 49.7 cm³/mol. The smallest absolute Gasteiger partial charge is 0.129 e. The molecule has 0 aliphatic rings. The Bertz CT molecular complexity index is 260. The number of methoxy groups -OCH3 is 1. The first-order chi connectivity index (χ1) is 6.20. The molecule has 0 spiro atoms. The van der Waals surface area contributed by atoms with Crippen molar-refractivity contribution >= 4 is 0 Å². The average Bonchev–Trinajstić information content (AvgIpc) is 2.53. The first-order valence-electron chi connectivity index (χ1n) is 4.16. The van der Waals surface area contributed by atoms with E-state index in [1.807, 2.05) is 24.7 Å². The van der Waals surface area contributed by atoms with Gasteiger partial charge in [0.05, 0.1) is 6.10 Å². The summed E-state index contributed by atoms with van der Waals surface area (Å²) in [5, 5.41) is 0. The quantitative estimate of drug-likeness (QED) is 0.509. The summed E-state index contributed by atoms with van der Waals surface area (Å²) in [4.78, 5) is 4.20. The highest BCUT2D eigenvalue weighted by Gasteiger charge is 2.20. The van der Waals surface area contributed by atoms with Gasteiger partial charge in [0.25, 0.3) is 0 Å². The molecule has 2 unspecified atom stereocenters. The number of hydrogen-bond donors (Lipinski definition) is 2. The normalized spacial score (nSPS) is 15.7. The molecule has 5 nitrogen and oxygen atoms in total. The fourth-order valence-electron chi connectivity index (χ4n) is 1.23. The van der Waals surface area contributed by atoms with Crippen molar-refractivity contribution in [3.63, 3.8) is 0 Å². The van der Waals surface area contributed by atoms with E-state index in [2.05, 4.69) is 10.4 Å². The van der Waals surface area contributed by atoms with Crippen LogP contribution in [0.25, 0.3) is 0 Å². The maximum Gasteiger partial charge on any atom is 0.129 e. The molecule has 0 aromatic carbocycles. The van der Waals surface area contributed by atoms with Crippen LogP contribution in [0.5, 0.6) is 0 Å². The molecule has 2 atom stereocenters. The maximum absolute atomic E-state index is 5.43. The first-order valence-corrected chi connectivity index (χ1v) is 4.16. The Labute approximate surface area is 77.9 Å². The van der Waals surface area contributed by atoms with Gasteiger partial charge in [-0.25, -0.2) is 10.4 Å². The number of nitrogens with one attached hydrogen (secondary N) is 1. The van der Waals surface area contributed by atoms with Crippen molar-refractivity contribution in [2.75, 3.05) is 7.11 Å². The van der Waals surface area contributed by atoms with Crippen molar-refractivity contribution in [1.29, 1.82) is 0 Å². The second-order valence-electron chi connectivity index (χ2n) is 2.98. The molecule has 13 heavy (non-hydrogen) atoms. The van der Waals surface area contributed by atoms with Gasteiger partial charge in [-0.2, -0.15) is 0 Å². The van der Waals surface area contributed by atoms with Crippen LogP contribution in [0.4, 0.5) is 0 Å². The van der Waals surface area contributed by atoms with E-state index in [-0.39, 0.29) is 12.1 Å². The predicted octanol–water partition coefficient (Wildman–Crippen LogP) is -0.0406. The van der Waals surface area contributed by atoms with Crippen LogP contribution in [0.2, 0.25) is 0 Å². The van der Waals surface area contributed by atoms with Gasteiger partial charge < -0.3 is 9.30 Å². The molecule has 0 saturated carbocycles. The molecular formula is C8H16N4O. The van der Waals surface area contributed by atoms with Gasteiger partial charge in [0.1, 0.15) is 11.9 Å². The Hall–Kier alpha value is -0.910. The minimum atomic E-state index is -0.0787. The van der Waals surface area contributed by atoms with Crippen LogP contribution in [0.3, 0.4) is 0 Å². The first kappa shape index (κ1) is 10.2. The number of hydrogen-bond acceptors (Lipinski definition) is 4. The van der Waals surface area contributed by atoms with Crippen LogP contribution in [0.15, 0.2) is 12.4 Å². The van der Waals surface area contributed by atoms with E-state index in [9.17, 15) is 0 Å². The Morgan fingerprint density at radius 2 is 2.38 bits per heavy atom. The Kier molecular flexibility index (Phi) is 3.41. The number of aryl methyl sites for hydroxylation is 1. The second-order valence-corrected chi connectivity index (χ2v) is 2.98. The van der Waals surface area contributed by atoms with Crippen molar-refractivity contribution in [1.82, 2.24) is 15.0 Å². The van der Waals surface area contributed by atoms with E-state index in [4.69, 9.17) is 10.6 Å². The lowest BCUT2D eigenvalue weighted by Crippen LogP contribution is -2.37.